The van der Waals surface area contributed by atoms with Crippen molar-refractivity contribution < 1.29 is 14.3 Å². The molecule has 1 aliphatic rings. The Labute approximate surface area is 105 Å². The third-order valence-corrected chi connectivity index (χ3v) is 2.89. The van der Waals surface area contributed by atoms with E-state index in [0.717, 1.165) is 19.4 Å². The van der Waals surface area contributed by atoms with Crippen LogP contribution in [0.1, 0.15) is 59.3 Å². The first kappa shape index (κ1) is 14.5. The van der Waals surface area contributed by atoms with E-state index in [0.29, 0.717) is 18.4 Å². The number of hydrogen-bond acceptors (Lipinski definition) is 3. The third-order valence-electron chi connectivity index (χ3n) is 2.89. The number of epoxide rings is 1. The Balaban J connectivity index is 1.84. The van der Waals surface area contributed by atoms with E-state index in [4.69, 9.17) is 9.47 Å². The van der Waals surface area contributed by atoms with Crippen LogP contribution in [-0.2, 0) is 14.3 Å². The minimum Gasteiger partial charge on any atom is -0.463 e. The minimum atomic E-state index is -0.0729. The van der Waals surface area contributed by atoms with Gasteiger partial charge in [-0.3, -0.25) is 4.79 Å². The highest BCUT2D eigenvalue weighted by atomic mass is 16.6. The van der Waals surface area contributed by atoms with Crippen molar-refractivity contribution in [3.63, 3.8) is 0 Å². The van der Waals surface area contributed by atoms with Crippen molar-refractivity contribution in [2.75, 3.05) is 13.2 Å². The van der Waals surface area contributed by atoms with Gasteiger partial charge in [-0.2, -0.15) is 0 Å². The van der Waals surface area contributed by atoms with Crippen molar-refractivity contribution in [3.05, 3.63) is 0 Å². The second-order valence-corrected chi connectivity index (χ2v) is 6.11. The van der Waals surface area contributed by atoms with E-state index in [1.54, 1.807) is 0 Å². The Morgan fingerprint density at radius 3 is 2.47 bits per heavy atom. The molecule has 1 unspecified atom stereocenters. The molecule has 100 valence electrons. The zero-order valence-electron chi connectivity index (χ0n) is 11.5. The van der Waals surface area contributed by atoms with E-state index in [1.807, 2.05) is 0 Å². The molecule has 1 heterocycles. The summed E-state index contributed by atoms with van der Waals surface area (Å²) in [5, 5.41) is 0. The lowest BCUT2D eigenvalue weighted by Crippen LogP contribution is -2.09. The Kier molecular flexibility index (Phi) is 5.96. The van der Waals surface area contributed by atoms with Crippen LogP contribution in [0.5, 0.6) is 0 Å². The van der Waals surface area contributed by atoms with Crippen LogP contribution < -0.4 is 0 Å². The molecule has 0 aromatic heterocycles. The molecule has 0 amide bonds. The summed E-state index contributed by atoms with van der Waals surface area (Å²) in [6, 6.07) is 0. The third kappa shape index (κ3) is 9.16. The first-order valence-electron chi connectivity index (χ1n) is 6.74. The van der Waals surface area contributed by atoms with Gasteiger partial charge in [-0.1, -0.05) is 40.0 Å². The fourth-order valence-electron chi connectivity index (χ4n) is 1.70. The van der Waals surface area contributed by atoms with Crippen LogP contribution in [0.4, 0.5) is 0 Å². The molecule has 17 heavy (non-hydrogen) atoms. The van der Waals surface area contributed by atoms with Crippen molar-refractivity contribution >= 4 is 5.97 Å². The molecule has 1 fully saturated rings. The summed E-state index contributed by atoms with van der Waals surface area (Å²) in [6.07, 6.45) is 6.56. The Hall–Kier alpha value is -0.570. The van der Waals surface area contributed by atoms with Gasteiger partial charge >= 0.3 is 5.97 Å². The molecule has 0 N–H and O–H groups in total. The maximum atomic E-state index is 11.3. The SMILES string of the molecule is CC(C)(C)CCCCCCC(=O)OCC1CO1. The molecule has 0 spiro atoms. The van der Waals surface area contributed by atoms with Gasteiger partial charge in [-0.15, -0.1) is 0 Å². The van der Waals surface area contributed by atoms with E-state index in [-0.39, 0.29) is 12.1 Å². The number of unbranched alkanes of at least 4 members (excludes halogenated alkanes) is 3. The quantitative estimate of drug-likeness (QED) is 0.372. The van der Waals surface area contributed by atoms with Gasteiger partial charge in [0.05, 0.1) is 6.61 Å². The normalized spacial score (nSPS) is 19.1. The highest BCUT2D eigenvalue weighted by Crippen LogP contribution is 2.22. The van der Waals surface area contributed by atoms with Crippen molar-refractivity contribution in [2.45, 2.75) is 65.4 Å². The van der Waals surface area contributed by atoms with E-state index in [9.17, 15) is 4.79 Å². The Morgan fingerprint density at radius 2 is 1.88 bits per heavy atom. The molecule has 0 saturated carbocycles. The van der Waals surface area contributed by atoms with Gasteiger partial charge in [0.15, 0.2) is 0 Å². The Morgan fingerprint density at radius 1 is 1.24 bits per heavy atom. The summed E-state index contributed by atoms with van der Waals surface area (Å²) < 4.78 is 10.0. The molecule has 0 aromatic carbocycles. The summed E-state index contributed by atoms with van der Waals surface area (Å²) in [4.78, 5) is 11.3. The largest absolute Gasteiger partial charge is 0.463 e. The van der Waals surface area contributed by atoms with Crippen LogP contribution in [0, 0.1) is 5.41 Å². The zero-order valence-corrected chi connectivity index (χ0v) is 11.5. The molecule has 1 rings (SSSR count). The molecule has 0 radical (unpaired) electrons. The summed E-state index contributed by atoms with van der Waals surface area (Å²) in [6.45, 7) is 8.00. The second kappa shape index (κ2) is 7.00. The predicted molar refractivity (Wildman–Crippen MR) is 67.9 cm³/mol. The number of esters is 1. The molecule has 0 bridgehead atoms. The molecule has 3 nitrogen and oxygen atoms in total. The number of carbonyl (C=O) groups excluding carboxylic acids is 1. The van der Waals surface area contributed by atoms with Crippen LogP contribution in [-0.4, -0.2) is 25.3 Å². The molecule has 3 heteroatoms. The molecule has 1 atom stereocenters. The highest BCUT2D eigenvalue weighted by Gasteiger charge is 2.23. The van der Waals surface area contributed by atoms with E-state index in [2.05, 4.69) is 20.8 Å². The second-order valence-electron chi connectivity index (χ2n) is 6.11. The fraction of sp³-hybridized carbons (Fsp3) is 0.929. The van der Waals surface area contributed by atoms with Crippen LogP contribution in [0.2, 0.25) is 0 Å². The van der Waals surface area contributed by atoms with Crippen LogP contribution in [0.25, 0.3) is 0 Å². The molecule has 1 aliphatic heterocycles. The van der Waals surface area contributed by atoms with Gasteiger partial charge in [0, 0.05) is 6.42 Å². The first-order valence-corrected chi connectivity index (χ1v) is 6.74. The first-order chi connectivity index (χ1) is 7.97. The average Bonchev–Trinajstić information content (AvgIpc) is 3.02. The Bertz CT molecular complexity index is 226. The predicted octanol–water partition coefficient (Wildman–Crippen LogP) is 3.32. The standard InChI is InChI=1S/C14H26O3/c1-14(2,3)9-7-5-4-6-8-13(15)17-11-12-10-16-12/h12H,4-11H2,1-3H3. The maximum absolute atomic E-state index is 11.3. The average molecular weight is 242 g/mol. The smallest absolute Gasteiger partial charge is 0.305 e. The van der Waals surface area contributed by atoms with Gasteiger partial charge in [0.1, 0.15) is 12.7 Å². The molecule has 1 saturated heterocycles. The summed E-state index contributed by atoms with van der Waals surface area (Å²) in [5.74, 6) is -0.0729. The van der Waals surface area contributed by atoms with Gasteiger partial charge in [-0.25, -0.2) is 0 Å². The van der Waals surface area contributed by atoms with Crippen LogP contribution in [0.3, 0.4) is 0 Å². The lowest BCUT2D eigenvalue weighted by molar-refractivity contribution is -0.144. The monoisotopic (exact) mass is 242 g/mol. The fourth-order valence-corrected chi connectivity index (χ4v) is 1.70. The van der Waals surface area contributed by atoms with Crippen LogP contribution >= 0.6 is 0 Å². The van der Waals surface area contributed by atoms with Gasteiger partial charge in [-0.05, 0) is 18.3 Å². The summed E-state index contributed by atoms with van der Waals surface area (Å²) >= 11 is 0. The number of ether oxygens (including phenoxy) is 2. The van der Waals surface area contributed by atoms with Gasteiger partial charge in [0.25, 0.3) is 0 Å². The van der Waals surface area contributed by atoms with Crippen molar-refractivity contribution in [1.29, 1.82) is 0 Å². The van der Waals surface area contributed by atoms with E-state index >= 15 is 0 Å². The van der Waals surface area contributed by atoms with E-state index in [1.165, 1.54) is 19.3 Å². The summed E-state index contributed by atoms with van der Waals surface area (Å²) in [7, 11) is 0. The topological polar surface area (TPSA) is 38.8 Å². The lowest BCUT2D eigenvalue weighted by atomic mass is 9.89. The van der Waals surface area contributed by atoms with E-state index < -0.39 is 0 Å². The van der Waals surface area contributed by atoms with Gasteiger partial charge in [0.2, 0.25) is 0 Å². The summed E-state index contributed by atoms with van der Waals surface area (Å²) in [5.41, 5.74) is 0.434. The molecular weight excluding hydrogens is 216 g/mol. The van der Waals surface area contributed by atoms with Crippen LogP contribution in [0.15, 0.2) is 0 Å². The van der Waals surface area contributed by atoms with Crippen molar-refractivity contribution in [3.8, 4) is 0 Å². The lowest BCUT2D eigenvalue weighted by Gasteiger charge is -2.17. The van der Waals surface area contributed by atoms with Crippen molar-refractivity contribution in [1.82, 2.24) is 0 Å². The van der Waals surface area contributed by atoms with Crippen molar-refractivity contribution in [2.24, 2.45) is 5.41 Å². The molecular formula is C14H26O3. The number of rotatable bonds is 8. The molecule has 0 aromatic rings. The number of hydrogen-bond donors (Lipinski definition) is 0. The highest BCUT2D eigenvalue weighted by molar-refractivity contribution is 5.69. The number of carbonyl (C=O) groups is 1. The van der Waals surface area contributed by atoms with Gasteiger partial charge < -0.3 is 9.47 Å². The molecule has 0 aliphatic carbocycles. The zero-order chi connectivity index (χ0) is 12.7. The maximum Gasteiger partial charge on any atom is 0.305 e. The minimum absolute atomic E-state index is 0.0729.